The molecule has 3 aromatic rings. The lowest BCUT2D eigenvalue weighted by molar-refractivity contribution is 0.0949. The van der Waals surface area contributed by atoms with E-state index in [-0.39, 0.29) is 11.7 Å². The van der Waals surface area contributed by atoms with Crippen LogP contribution in [-0.4, -0.2) is 20.7 Å². The molecule has 0 fully saturated rings. The largest absolute Gasteiger partial charge is 0.348 e. The third-order valence-electron chi connectivity index (χ3n) is 3.77. The summed E-state index contributed by atoms with van der Waals surface area (Å²) in [6.45, 7) is 4.00. The normalized spacial score (nSPS) is 10.6. The second-order valence-electron chi connectivity index (χ2n) is 5.48. The van der Waals surface area contributed by atoms with Gasteiger partial charge in [0.05, 0.1) is 22.6 Å². The van der Waals surface area contributed by atoms with Crippen molar-refractivity contribution in [2.24, 2.45) is 0 Å². The molecule has 0 unspecified atom stereocenters. The summed E-state index contributed by atoms with van der Waals surface area (Å²) in [4.78, 5) is 16.5. The van der Waals surface area contributed by atoms with Crippen LogP contribution in [-0.2, 0) is 6.54 Å². The summed E-state index contributed by atoms with van der Waals surface area (Å²) in [5.74, 6) is -0.503. The highest BCUT2D eigenvalue weighted by atomic mass is 19.1. The predicted molar refractivity (Wildman–Crippen MR) is 88.4 cm³/mol. The van der Waals surface area contributed by atoms with E-state index in [1.54, 1.807) is 36.1 Å². The van der Waals surface area contributed by atoms with E-state index in [0.29, 0.717) is 29.2 Å². The van der Waals surface area contributed by atoms with E-state index in [0.717, 1.165) is 5.56 Å². The summed E-state index contributed by atoms with van der Waals surface area (Å²) in [5, 5.41) is 7.29. The van der Waals surface area contributed by atoms with E-state index in [4.69, 9.17) is 0 Å². The number of hydrogen-bond donors (Lipinski definition) is 1. The molecule has 24 heavy (non-hydrogen) atoms. The monoisotopic (exact) mass is 324 g/mol. The number of nitrogens with one attached hydrogen (secondary N) is 1. The molecule has 5 nitrogen and oxygen atoms in total. The molecule has 2 heterocycles. The first-order chi connectivity index (χ1) is 11.6. The van der Waals surface area contributed by atoms with Gasteiger partial charge in [-0.2, -0.15) is 5.10 Å². The zero-order chi connectivity index (χ0) is 17.1. The highest BCUT2D eigenvalue weighted by Gasteiger charge is 2.19. The van der Waals surface area contributed by atoms with E-state index in [1.165, 1.54) is 12.1 Å². The lowest BCUT2D eigenvalue weighted by Crippen LogP contribution is -2.24. The molecule has 2 aromatic heterocycles. The van der Waals surface area contributed by atoms with Gasteiger partial charge in [-0.15, -0.1) is 0 Å². The van der Waals surface area contributed by atoms with Crippen LogP contribution in [0.5, 0.6) is 0 Å². The fourth-order valence-electron chi connectivity index (χ4n) is 2.58. The minimum absolute atomic E-state index is 0.192. The quantitative estimate of drug-likeness (QED) is 0.803. The topological polar surface area (TPSA) is 59.8 Å². The average Bonchev–Trinajstić information content (AvgIpc) is 2.89. The Hall–Kier alpha value is -3.02. The first-order valence-corrected chi connectivity index (χ1v) is 7.55. The van der Waals surface area contributed by atoms with Crippen LogP contribution >= 0.6 is 0 Å². The van der Waals surface area contributed by atoms with Crippen LogP contribution in [0.25, 0.3) is 5.69 Å². The number of benzene rings is 1. The van der Waals surface area contributed by atoms with Crippen LogP contribution < -0.4 is 5.32 Å². The van der Waals surface area contributed by atoms with Crippen molar-refractivity contribution in [2.45, 2.75) is 20.4 Å². The van der Waals surface area contributed by atoms with Crippen molar-refractivity contribution in [1.29, 1.82) is 0 Å². The highest BCUT2D eigenvalue weighted by molar-refractivity contribution is 5.96. The smallest absolute Gasteiger partial charge is 0.255 e. The number of hydrogen-bond acceptors (Lipinski definition) is 3. The van der Waals surface area contributed by atoms with Gasteiger partial charge >= 0.3 is 0 Å². The molecule has 0 aliphatic heterocycles. The van der Waals surface area contributed by atoms with E-state index in [9.17, 15) is 9.18 Å². The lowest BCUT2D eigenvalue weighted by Gasteiger charge is -2.07. The molecule has 0 saturated heterocycles. The van der Waals surface area contributed by atoms with Crippen LogP contribution in [0.2, 0.25) is 0 Å². The number of nitrogens with zero attached hydrogens (tertiary/aromatic N) is 3. The van der Waals surface area contributed by atoms with Gasteiger partial charge in [-0.25, -0.2) is 9.07 Å². The fraction of sp³-hybridized carbons (Fsp3) is 0.167. The zero-order valence-electron chi connectivity index (χ0n) is 13.5. The molecular weight excluding hydrogens is 307 g/mol. The third kappa shape index (κ3) is 3.17. The number of carbonyl (C=O) groups excluding carboxylic acids is 1. The summed E-state index contributed by atoms with van der Waals surface area (Å²) < 4.78 is 14.7. The van der Waals surface area contributed by atoms with Gasteiger partial charge in [0.15, 0.2) is 0 Å². The van der Waals surface area contributed by atoms with E-state index in [1.807, 2.05) is 19.1 Å². The van der Waals surface area contributed by atoms with Gasteiger partial charge in [0, 0.05) is 18.9 Å². The molecule has 0 bridgehead atoms. The van der Waals surface area contributed by atoms with Gasteiger partial charge in [0.1, 0.15) is 5.82 Å². The van der Waals surface area contributed by atoms with Gasteiger partial charge in [-0.3, -0.25) is 9.78 Å². The van der Waals surface area contributed by atoms with Crippen molar-refractivity contribution in [3.05, 3.63) is 77.1 Å². The van der Waals surface area contributed by atoms with Crippen molar-refractivity contribution >= 4 is 5.91 Å². The molecular formula is C18H17FN4O. The number of carbonyl (C=O) groups is 1. The van der Waals surface area contributed by atoms with Crippen molar-refractivity contribution in [3.8, 4) is 5.69 Å². The molecule has 0 saturated carbocycles. The Morgan fingerprint density at radius 3 is 2.62 bits per heavy atom. The maximum absolute atomic E-state index is 13.1. The van der Waals surface area contributed by atoms with Crippen molar-refractivity contribution in [2.75, 3.05) is 0 Å². The fourth-order valence-corrected chi connectivity index (χ4v) is 2.58. The molecule has 0 spiro atoms. The Morgan fingerprint density at radius 2 is 1.96 bits per heavy atom. The summed E-state index contributed by atoms with van der Waals surface area (Å²) in [6, 6.07) is 9.72. The molecule has 122 valence electrons. The highest BCUT2D eigenvalue weighted by Crippen LogP contribution is 2.18. The van der Waals surface area contributed by atoms with Gasteiger partial charge in [0.2, 0.25) is 0 Å². The van der Waals surface area contributed by atoms with Gasteiger partial charge < -0.3 is 5.32 Å². The van der Waals surface area contributed by atoms with Crippen molar-refractivity contribution < 1.29 is 9.18 Å². The van der Waals surface area contributed by atoms with Gasteiger partial charge in [-0.1, -0.05) is 6.07 Å². The van der Waals surface area contributed by atoms with Gasteiger partial charge in [0.25, 0.3) is 5.91 Å². The molecule has 0 aliphatic rings. The average molecular weight is 324 g/mol. The number of aromatic nitrogens is 3. The first-order valence-electron chi connectivity index (χ1n) is 7.55. The molecule has 0 radical (unpaired) electrons. The van der Waals surface area contributed by atoms with Crippen LogP contribution in [0.3, 0.4) is 0 Å². The second-order valence-corrected chi connectivity index (χ2v) is 5.48. The Bertz CT molecular complexity index is 857. The molecule has 0 aliphatic carbocycles. The summed E-state index contributed by atoms with van der Waals surface area (Å²) in [7, 11) is 0. The maximum Gasteiger partial charge on any atom is 0.255 e. The van der Waals surface area contributed by atoms with Crippen LogP contribution in [0.1, 0.15) is 27.3 Å². The van der Waals surface area contributed by atoms with Crippen LogP contribution in [0, 0.1) is 19.7 Å². The van der Waals surface area contributed by atoms with Gasteiger partial charge in [-0.05, 0) is 49.7 Å². The maximum atomic E-state index is 13.1. The Kier molecular flexibility index (Phi) is 4.37. The number of amides is 1. The summed E-state index contributed by atoms with van der Waals surface area (Å²) in [6.07, 6.45) is 3.40. The molecule has 1 N–H and O–H groups in total. The number of rotatable bonds is 4. The molecule has 1 aromatic carbocycles. The lowest BCUT2D eigenvalue weighted by atomic mass is 10.1. The number of halogens is 1. The van der Waals surface area contributed by atoms with Crippen molar-refractivity contribution in [3.63, 3.8) is 0 Å². The van der Waals surface area contributed by atoms with E-state index >= 15 is 0 Å². The molecule has 1 amide bonds. The molecule has 3 rings (SSSR count). The number of pyridine rings is 1. The minimum Gasteiger partial charge on any atom is -0.348 e. The standard InChI is InChI=1S/C18H17FN4O/c1-12-17(18(24)21-11-14-4-3-9-20-10-14)13(2)23(22-12)16-7-5-15(19)6-8-16/h3-10H,11H2,1-2H3,(H,21,24). The third-order valence-corrected chi connectivity index (χ3v) is 3.77. The Labute approximate surface area is 139 Å². The second kappa shape index (κ2) is 6.62. The summed E-state index contributed by atoms with van der Waals surface area (Å²) in [5.41, 5.74) is 3.50. The first kappa shape index (κ1) is 15.9. The number of aryl methyl sites for hydroxylation is 1. The van der Waals surface area contributed by atoms with Crippen molar-refractivity contribution in [1.82, 2.24) is 20.1 Å². The summed E-state index contributed by atoms with van der Waals surface area (Å²) >= 11 is 0. The van der Waals surface area contributed by atoms with E-state index in [2.05, 4.69) is 15.4 Å². The molecule has 6 heteroatoms. The Balaban J connectivity index is 1.83. The predicted octanol–water partition coefficient (Wildman–Crippen LogP) is 2.95. The minimum atomic E-state index is -0.310. The zero-order valence-corrected chi connectivity index (χ0v) is 13.5. The van der Waals surface area contributed by atoms with E-state index < -0.39 is 0 Å². The van der Waals surface area contributed by atoms with Crippen LogP contribution in [0.4, 0.5) is 4.39 Å². The Morgan fingerprint density at radius 1 is 1.21 bits per heavy atom. The SMILES string of the molecule is Cc1nn(-c2ccc(F)cc2)c(C)c1C(=O)NCc1cccnc1. The van der Waals surface area contributed by atoms with Crippen LogP contribution in [0.15, 0.2) is 48.8 Å². The molecule has 0 atom stereocenters.